The molecule has 1 aliphatic heterocycles. The van der Waals surface area contributed by atoms with Gasteiger partial charge in [0.2, 0.25) is 5.95 Å². The van der Waals surface area contributed by atoms with Gasteiger partial charge in [0.15, 0.2) is 0 Å². The zero-order valence-electron chi connectivity index (χ0n) is 13.8. The maximum absolute atomic E-state index is 5.85. The van der Waals surface area contributed by atoms with Gasteiger partial charge in [0.05, 0.1) is 12.7 Å². The highest BCUT2D eigenvalue weighted by atomic mass is 16.5. The third kappa shape index (κ3) is 4.28. The molecule has 0 aromatic carbocycles. The summed E-state index contributed by atoms with van der Waals surface area (Å²) in [4.78, 5) is 15.7. The van der Waals surface area contributed by atoms with Gasteiger partial charge in [0.1, 0.15) is 5.82 Å². The van der Waals surface area contributed by atoms with Crippen molar-refractivity contribution in [3.8, 4) is 0 Å². The maximum atomic E-state index is 5.85. The van der Waals surface area contributed by atoms with Gasteiger partial charge in [0.25, 0.3) is 0 Å². The SMILES string of the molecule is Cc1cnc(N2CCOC(CCN(C)C)C2)nc1N(C)C. The molecule has 0 bridgehead atoms. The van der Waals surface area contributed by atoms with Crippen molar-refractivity contribution in [2.75, 3.05) is 64.2 Å². The van der Waals surface area contributed by atoms with E-state index in [4.69, 9.17) is 9.72 Å². The van der Waals surface area contributed by atoms with Gasteiger partial charge >= 0.3 is 0 Å². The molecule has 21 heavy (non-hydrogen) atoms. The summed E-state index contributed by atoms with van der Waals surface area (Å²) in [6.07, 6.45) is 3.20. The molecule has 1 aromatic heterocycles. The average molecular weight is 293 g/mol. The molecule has 1 atom stereocenters. The first-order chi connectivity index (χ1) is 9.97. The Kier molecular flexibility index (Phi) is 5.36. The number of nitrogens with zero attached hydrogens (tertiary/aromatic N) is 5. The van der Waals surface area contributed by atoms with E-state index in [0.29, 0.717) is 0 Å². The Bertz CT molecular complexity index is 463. The molecule has 0 aliphatic carbocycles. The predicted molar refractivity (Wildman–Crippen MR) is 86.2 cm³/mol. The summed E-state index contributed by atoms with van der Waals surface area (Å²) < 4.78 is 5.85. The Morgan fingerprint density at radius 1 is 1.33 bits per heavy atom. The van der Waals surface area contributed by atoms with Crippen LogP contribution in [0.25, 0.3) is 0 Å². The second kappa shape index (κ2) is 7.04. The summed E-state index contributed by atoms with van der Waals surface area (Å²) in [5.74, 6) is 1.79. The molecule has 2 rings (SSSR count). The highest BCUT2D eigenvalue weighted by Crippen LogP contribution is 2.20. The van der Waals surface area contributed by atoms with Crippen LogP contribution in [0.5, 0.6) is 0 Å². The quantitative estimate of drug-likeness (QED) is 0.807. The number of anilines is 2. The smallest absolute Gasteiger partial charge is 0.227 e. The monoisotopic (exact) mass is 293 g/mol. The lowest BCUT2D eigenvalue weighted by molar-refractivity contribution is 0.0306. The van der Waals surface area contributed by atoms with E-state index in [1.54, 1.807) is 0 Å². The van der Waals surface area contributed by atoms with Crippen LogP contribution in [0.1, 0.15) is 12.0 Å². The minimum atomic E-state index is 0.258. The number of morpholine rings is 1. The van der Waals surface area contributed by atoms with Crippen LogP contribution in [0, 0.1) is 6.92 Å². The zero-order valence-corrected chi connectivity index (χ0v) is 13.8. The van der Waals surface area contributed by atoms with Gasteiger partial charge < -0.3 is 19.4 Å². The lowest BCUT2D eigenvalue weighted by Gasteiger charge is -2.33. The first-order valence-electron chi connectivity index (χ1n) is 7.49. The Hall–Kier alpha value is -1.40. The third-order valence-corrected chi connectivity index (χ3v) is 3.68. The van der Waals surface area contributed by atoms with Crippen molar-refractivity contribution >= 4 is 11.8 Å². The zero-order chi connectivity index (χ0) is 15.4. The highest BCUT2D eigenvalue weighted by molar-refractivity contribution is 5.48. The van der Waals surface area contributed by atoms with Crippen LogP contribution in [0.4, 0.5) is 11.8 Å². The molecule has 0 spiro atoms. The van der Waals surface area contributed by atoms with E-state index in [9.17, 15) is 0 Å². The van der Waals surface area contributed by atoms with Crippen molar-refractivity contribution in [3.05, 3.63) is 11.8 Å². The Morgan fingerprint density at radius 2 is 2.10 bits per heavy atom. The van der Waals surface area contributed by atoms with Crippen molar-refractivity contribution in [1.29, 1.82) is 0 Å². The summed E-state index contributed by atoms with van der Waals surface area (Å²) >= 11 is 0. The Labute approximate surface area is 127 Å². The van der Waals surface area contributed by atoms with Gasteiger partial charge in [-0.3, -0.25) is 0 Å². The van der Waals surface area contributed by atoms with Gasteiger partial charge in [-0.1, -0.05) is 0 Å². The van der Waals surface area contributed by atoms with Crippen molar-refractivity contribution in [3.63, 3.8) is 0 Å². The molecular formula is C15H27N5O. The van der Waals surface area contributed by atoms with E-state index in [0.717, 1.165) is 50.0 Å². The van der Waals surface area contributed by atoms with Gasteiger partial charge in [0, 0.05) is 45.5 Å². The second-order valence-corrected chi connectivity index (χ2v) is 6.10. The van der Waals surface area contributed by atoms with E-state index in [2.05, 4.69) is 28.9 Å². The molecule has 118 valence electrons. The normalized spacial score (nSPS) is 19.1. The van der Waals surface area contributed by atoms with Gasteiger partial charge in [-0.2, -0.15) is 4.98 Å². The third-order valence-electron chi connectivity index (χ3n) is 3.68. The van der Waals surface area contributed by atoms with Crippen LogP contribution in [-0.2, 0) is 4.74 Å². The number of ether oxygens (including phenoxy) is 1. The van der Waals surface area contributed by atoms with Crippen LogP contribution in [0.3, 0.4) is 0 Å². The molecule has 1 aromatic rings. The molecule has 1 unspecified atom stereocenters. The minimum absolute atomic E-state index is 0.258. The van der Waals surface area contributed by atoms with E-state index in [1.807, 2.05) is 32.1 Å². The van der Waals surface area contributed by atoms with E-state index >= 15 is 0 Å². The minimum Gasteiger partial charge on any atom is -0.374 e. The number of aryl methyl sites for hydroxylation is 1. The highest BCUT2D eigenvalue weighted by Gasteiger charge is 2.23. The molecule has 2 heterocycles. The fourth-order valence-electron chi connectivity index (χ4n) is 2.51. The van der Waals surface area contributed by atoms with Crippen LogP contribution in [-0.4, -0.2) is 75.4 Å². The van der Waals surface area contributed by atoms with Crippen molar-refractivity contribution in [2.45, 2.75) is 19.4 Å². The fraction of sp³-hybridized carbons (Fsp3) is 0.733. The van der Waals surface area contributed by atoms with Crippen molar-refractivity contribution in [1.82, 2.24) is 14.9 Å². The topological polar surface area (TPSA) is 44.7 Å². The first kappa shape index (κ1) is 16.0. The van der Waals surface area contributed by atoms with E-state index in [1.165, 1.54) is 0 Å². The maximum Gasteiger partial charge on any atom is 0.227 e. The molecule has 0 N–H and O–H groups in total. The summed E-state index contributed by atoms with van der Waals surface area (Å²) in [6, 6.07) is 0. The molecule has 0 amide bonds. The molecule has 1 aliphatic rings. The van der Waals surface area contributed by atoms with Gasteiger partial charge in [-0.05, 0) is 27.4 Å². The predicted octanol–water partition coefficient (Wildman–Crippen LogP) is 1.01. The molecule has 6 heteroatoms. The first-order valence-corrected chi connectivity index (χ1v) is 7.49. The van der Waals surface area contributed by atoms with Crippen molar-refractivity contribution in [2.24, 2.45) is 0 Å². The number of hydrogen-bond acceptors (Lipinski definition) is 6. The Morgan fingerprint density at radius 3 is 2.76 bits per heavy atom. The molecule has 0 radical (unpaired) electrons. The molecule has 0 saturated carbocycles. The second-order valence-electron chi connectivity index (χ2n) is 6.10. The summed E-state index contributed by atoms with van der Waals surface area (Å²) in [7, 11) is 8.21. The van der Waals surface area contributed by atoms with Crippen LogP contribution in [0.2, 0.25) is 0 Å². The average Bonchev–Trinajstić information content (AvgIpc) is 2.45. The number of hydrogen-bond donors (Lipinski definition) is 0. The largest absolute Gasteiger partial charge is 0.374 e. The lowest BCUT2D eigenvalue weighted by atomic mass is 10.2. The van der Waals surface area contributed by atoms with Gasteiger partial charge in [-0.15, -0.1) is 0 Å². The van der Waals surface area contributed by atoms with Gasteiger partial charge in [-0.25, -0.2) is 4.98 Å². The molecule has 1 saturated heterocycles. The standard InChI is InChI=1S/C15H27N5O/c1-12-10-16-15(17-14(12)19(4)5)20-8-9-21-13(11-20)6-7-18(2)3/h10,13H,6-9,11H2,1-5H3. The summed E-state index contributed by atoms with van der Waals surface area (Å²) in [6.45, 7) is 5.54. The molecule has 1 fully saturated rings. The fourth-order valence-corrected chi connectivity index (χ4v) is 2.51. The van der Waals surface area contributed by atoms with E-state index < -0.39 is 0 Å². The lowest BCUT2D eigenvalue weighted by Crippen LogP contribution is -2.44. The van der Waals surface area contributed by atoms with Crippen LogP contribution < -0.4 is 9.80 Å². The van der Waals surface area contributed by atoms with Crippen LogP contribution >= 0.6 is 0 Å². The van der Waals surface area contributed by atoms with E-state index in [-0.39, 0.29) is 6.10 Å². The number of aromatic nitrogens is 2. The summed E-state index contributed by atoms with van der Waals surface area (Å²) in [5.41, 5.74) is 1.10. The van der Waals surface area contributed by atoms with Crippen molar-refractivity contribution < 1.29 is 4.74 Å². The molecule has 6 nitrogen and oxygen atoms in total. The van der Waals surface area contributed by atoms with Crippen LogP contribution in [0.15, 0.2) is 6.20 Å². The summed E-state index contributed by atoms with van der Waals surface area (Å²) in [5, 5.41) is 0. The number of rotatable bonds is 5. The Balaban J connectivity index is 2.05. The molecular weight excluding hydrogens is 266 g/mol.